The van der Waals surface area contributed by atoms with E-state index < -0.39 is 5.38 Å². The predicted octanol–water partition coefficient (Wildman–Crippen LogP) is 5.37. The van der Waals surface area contributed by atoms with Gasteiger partial charge in [-0.05, 0) is 29.7 Å². The van der Waals surface area contributed by atoms with Gasteiger partial charge < -0.3 is 0 Å². The Morgan fingerprint density at radius 1 is 1.11 bits per heavy atom. The van der Waals surface area contributed by atoms with Gasteiger partial charge in [0.15, 0.2) is 0 Å². The molecule has 0 fully saturated rings. The monoisotopic (exact) mass is 282 g/mol. The molecule has 1 unspecified atom stereocenters. The summed E-state index contributed by atoms with van der Waals surface area (Å²) in [5, 5.41) is -0.209. The van der Waals surface area contributed by atoms with Crippen molar-refractivity contribution >= 4 is 23.2 Å². The first-order valence-corrected chi connectivity index (χ1v) is 6.61. The molecular weight excluding hydrogens is 270 g/mol. The van der Waals surface area contributed by atoms with E-state index in [1.165, 1.54) is 11.6 Å². The fraction of sp³-hybridized carbons (Fsp3) is 0.200. The molecule has 94 valence electrons. The van der Waals surface area contributed by atoms with Crippen molar-refractivity contribution in [1.82, 2.24) is 0 Å². The third-order valence-corrected chi connectivity index (χ3v) is 3.73. The maximum absolute atomic E-state index is 13.8. The lowest BCUT2D eigenvalue weighted by Crippen LogP contribution is -1.98. The lowest BCUT2D eigenvalue weighted by molar-refractivity contribution is 0.612. The van der Waals surface area contributed by atoms with Crippen molar-refractivity contribution in [2.75, 3.05) is 0 Å². The van der Waals surface area contributed by atoms with Crippen LogP contribution in [0, 0.1) is 5.82 Å². The Bertz CT molecular complexity index is 514. The molecule has 0 amide bonds. The zero-order valence-corrected chi connectivity index (χ0v) is 11.5. The second kappa shape index (κ2) is 5.73. The minimum atomic E-state index is -0.565. The van der Waals surface area contributed by atoms with E-state index >= 15 is 0 Å². The van der Waals surface area contributed by atoms with Crippen molar-refractivity contribution in [1.29, 1.82) is 0 Å². The number of hydrogen-bond acceptors (Lipinski definition) is 0. The van der Waals surface area contributed by atoms with Crippen molar-refractivity contribution in [2.24, 2.45) is 0 Å². The van der Waals surface area contributed by atoms with E-state index in [4.69, 9.17) is 23.2 Å². The SMILES string of the molecule is CCc1ccc(C(Cl)c2c(F)cccc2Cl)cc1. The van der Waals surface area contributed by atoms with E-state index in [-0.39, 0.29) is 5.82 Å². The van der Waals surface area contributed by atoms with E-state index in [1.54, 1.807) is 12.1 Å². The highest BCUT2D eigenvalue weighted by molar-refractivity contribution is 6.33. The van der Waals surface area contributed by atoms with Crippen LogP contribution < -0.4 is 0 Å². The lowest BCUT2D eigenvalue weighted by Gasteiger charge is -2.13. The van der Waals surface area contributed by atoms with Gasteiger partial charge in [-0.15, -0.1) is 11.6 Å². The summed E-state index contributed by atoms with van der Waals surface area (Å²) >= 11 is 12.3. The maximum Gasteiger partial charge on any atom is 0.129 e. The van der Waals surface area contributed by atoms with Crippen LogP contribution >= 0.6 is 23.2 Å². The first kappa shape index (κ1) is 13.4. The van der Waals surface area contributed by atoms with Gasteiger partial charge in [0.2, 0.25) is 0 Å². The molecule has 0 spiro atoms. The predicted molar refractivity (Wildman–Crippen MR) is 74.9 cm³/mol. The summed E-state index contributed by atoms with van der Waals surface area (Å²) in [6, 6.07) is 12.4. The summed E-state index contributed by atoms with van der Waals surface area (Å²) in [6.07, 6.45) is 0.966. The molecule has 0 N–H and O–H groups in total. The fourth-order valence-electron chi connectivity index (χ4n) is 1.84. The van der Waals surface area contributed by atoms with E-state index in [0.717, 1.165) is 12.0 Å². The van der Waals surface area contributed by atoms with Crippen LogP contribution in [0.3, 0.4) is 0 Å². The second-order valence-corrected chi connectivity index (χ2v) is 4.94. The minimum absolute atomic E-state index is 0.338. The number of alkyl halides is 1. The number of aryl methyl sites for hydroxylation is 1. The molecular formula is C15H13Cl2F. The van der Waals surface area contributed by atoms with Gasteiger partial charge >= 0.3 is 0 Å². The van der Waals surface area contributed by atoms with E-state index in [2.05, 4.69) is 6.92 Å². The molecule has 18 heavy (non-hydrogen) atoms. The third kappa shape index (κ3) is 2.68. The molecule has 2 aromatic rings. The molecule has 0 heterocycles. The highest BCUT2D eigenvalue weighted by atomic mass is 35.5. The van der Waals surface area contributed by atoms with Crippen molar-refractivity contribution in [3.05, 3.63) is 70.0 Å². The molecule has 0 saturated heterocycles. The number of benzene rings is 2. The highest BCUT2D eigenvalue weighted by Gasteiger charge is 2.18. The average Bonchev–Trinajstić information content (AvgIpc) is 2.38. The van der Waals surface area contributed by atoms with Gasteiger partial charge in [0.1, 0.15) is 5.82 Å². The van der Waals surface area contributed by atoms with Crippen LogP contribution in [0.15, 0.2) is 42.5 Å². The third-order valence-electron chi connectivity index (χ3n) is 2.93. The summed E-state index contributed by atoms with van der Waals surface area (Å²) in [5.41, 5.74) is 2.41. The molecule has 0 aromatic heterocycles. The van der Waals surface area contributed by atoms with Gasteiger partial charge in [-0.3, -0.25) is 0 Å². The number of hydrogen-bond donors (Lipinski definition) is 0. The Morgan fingerprint density at radius 2 is 1.78 bits per heavy atom. The molecule has 0 aliphatic carbocycles. The summed E-state index contributed by atoms with van der Waals surface area (Å²) < 4.78 is 13.8. The Morgan fingerprint density at radius 3 is 2.33 bits per heavy atom. The van der Waals surface area contributed by atoms with Crippen LogP contribution in [0.2, 0.25) is 5.02 Å². The topological polar surface area (TPSA) is 0 Å². The van der Waals surface area contributed by atoms with Crippen molar-refractivity contribution in [2.45, 2.75) is 18.7 Å². The second-order valence-electron chi connectivity index (χ2n) is 4.09. The maximum atomic E-state index is 13.8. The van der Waals surface area contributed by atoms with Gasteiger partial charge in [-0.25, -0.2) is 4.39 Å². The zero-order chi connectivity index (χ0) is 13.1. The highest BCUT2D eigenvalue weighted by Crippen LogP contribution is 2.35. The minimum Gasteiger partial charge on any atom is -0.207 e. The number of halogens is 3. The van der Waals surface area contributed by atoms with Gasteiger partial charge in [0, 0.05) is 10.6 Å². The first-order chi connectivity index (χ1) is 8.63. The zero-order valence-electron chi connectivity index (χ0n) is 9.96. The van der Waals surface area contributed by atoms with Crippen molar-refractivity contribution in [3.63, 3.8) is 0 Å². The van der Waals surface area contributed by atoms with E-state index in [0.29, 0.717) is 10.6 Å². The molecule has 1 atom stereocenters. The van der Waals surface area contributed by atoms with Gasteiger partial charge in [-0.2, -0.15) is 0 Å². The van der Waals surface area contributed by atoms with E-state index in [9.17, 15) is 4.39 Å². The van der Waals surface area contributed by atoms with Crippen molar-refractivity contribution < 1.29 is 4.39 Å². The Labute approximate surface area is 116 Å². The summed E-state index contributed by atoms with van der Waals surface area (Å²) in [7, 11) is 0. The Hall–Kier alpha value is -1.05. The van der Waals surface area contributed by atoms with Crippen LogP contribution in [0.4, 0.5) is 4.39 Å². The normalized spacial score (nSPS) is 12.4. The van der Waals surface area contributed by atoms with Crippen LogP contribution in [0.1, 0.15) is 29.0 Å². The molecule has 2 aromatic carbocycles. The Kier molecular flexibility index (Phi) is 4.26. The summed E-state index contributed by atoms with van der Waals surface area (Å²) in [4.78, 5) is 0. The summed E-state index contributed by atoms with van der Waals surface area (Å²) in [5.74, 6) is -0.373. The molecule has 2 rings (SSSR count). The smallest absolute Gasteiger partial charge is 0.129 e. The van der Waals surface area contributed by atoms with Gasteiger partial charge in [0.25, 0.3) is 0 Å². The van der Waals surface area contributed by atoms with Crippen LogP contribution in [0.25, 0.3) is 0 Å². The average molecular weight is 283 g/mol. The van der Waals surface area contributed by atoms with E-state index in [1.807, 2.05) is 24.3 Å². The largest absolute Gasteiger partial charge is 0.207 e. The molecule has 3 heteroatoms. The molecule has 0 saturated carbocycles. The fourth-order valence-corrected chi connectivity index (χ4v) is 2.54. The summed E-state index contributed by atoms with van der Waals surface area (Å²) in [6.45, 7) is 2.08. The van der Waals surface area contributed by atoms with Crippen molar-refractivity contribution in [3.8, 4) is 0 Å². The van der Waals surface area contributed by atoms with Gasteiger partial charge in [-0.1, -0.05) is 48.9 Å². The first-order valence-electron chi connectivity index (χ1n) is 5.80. The Balaban J connectivity index is 2.38. The number of rotatable bonds is 3. The molecule has 0 nitrogen and oxygen atoms in total. The van der Waals surface area contributed by atoms with Crippen LogP contribution in [-0.2, 0) is 6.42 Å². The van der Waals surface area contributed by atoms with Gasteiger partial charge in [0.05, 0.1) is 5.38 Å². The molecule has 0 aliphatic rings. The molecule has 0 aliphatic heterocycles. The molecule has 0 radical (unpaired) electrons. The quantitative estimate of drug-likeness (QED) is 0.664. The lowest BCUT2D eigenvalue weighted by atomic mass is 10.0. The standard InChI is InChI=1S/C15H13Cl2F/c1-2-10-6-8-11(9-7-10)15(17)14-12(16)4-3-5-13(14)18/h3-9,15H,2H2,1H3. The van der Waals surface area contributed by atoms with Crippen LogP contribution in [-0.4, -0.2) is 0 Å². The molecule has 0 bridgehead atoms. The van der Waals surface area contributed by atoms with Crippen LogP contribution in [0.5, 0.6) is 0 Å².